The molecule has 32 heavy (non-hydrogen) atoms. The van der Waals surface area contributed by atoms with Crippen molar-refractivity contribution in [3.05, 3.63) is 58.6 Å². The summed E-state index contributed by atoms with van der Waals surface area (Å²) in [5.41, 5.74) is 3.45. The maximum atomic E-state index is 13.9. The first-order valence-corrected chi connectivity index (χ1v) is 11.0. The molecule has 4 rings (SSSR count). The van der Waals surface area contributed by atoms with Crippen LogP contribution in [0.1, 0.15) is 27.9 Å². The summed E-state index contributed by atoms with van der Waals surface area (Å²) < 4.78 is 21.4. The van der Waals surface area contributed by atoms with Gasteiger partial charge in [0.2, 0.25) is 0 Å². The Bertz CT molecular complexity index is 1300. The van der Waals surface area contributed by atoms with Gasteiger partial charge in [-0.2, -0.15) is 0 Å². The van der Waals surface area contributed by atoms with E-state index < -0.39 is 5.97 Å². The summed E-state index contributed by atoms with van der Waals surface area (Å²) in [4.78, 5) is 20.9. The third-order valence-corrected chi connectivity index (χ3v) is 6.28. The van der Waals surface area contributed by atoms with Crippen LogP contribution in [0.15, 0.2) is 36.7 Å². The maximum Gasteiger partial charge on any atom is 0.349 e. The molecule has 3 aromatic heterocycles. The topological polar surface area (TPSA) is 89.3 Å². The van der Waals surface area contributed by atoms with Gasteiger partial charge in [0.05, 0.1) is 22.7 Å². The second-order valence-corrected chi connectivity index (χ2v) is 8.40. The highest BCUT2D eigenvalue weighted by Gasteiger charge is 2.18. The summed E-state index contributed by atoms with van der Waals surface area (Å²) in [7, 11) is 0. The van der Waals surface area contributed by atoms with Crippen LogP contribution in [0, 0.1) is 19.7 Å². The zero-order valence-corrected chi connectivity index (χ0v) is 18.8. The number of carboxylic acid groups (broad SMARTS) is 1. The molecule has 7 nitrogen and oxygen atoms in total. The molecule has 0 aliphatic rings. The molecule has 0 aliphatic heterocycles. The Morgan fingerprint density at radius 2 is 2.03 bits per heavy atom. The van der Waals surface area contributed by atoms with Crippen molar-refractivity contribution in [1.82, 2.24) is 14.5 Å². The van der Waals surface area contributed by atoms with Gasteiger partial charge in [0.25, 0.3) is 0 Å². The molecule has 0 atom stereocenters. The number of rotatable bonds is 8. The van der Waals surface area contributed by atoms with E-state index in [0.717, 1.165) is 33.5 Å². The molecule has 3 heterocycles. The van der Waals surface area contributed by atoms with E-state index in [0.29, 0.717) is 41.8 Å². The maximum absolute atomic E-state index is 13.9. The first-order valence-electron chi connectivity index (χ1n) is 10.2. The Kier molecular flexibility index (Phi) is 6.09. The number of benzene rings is 1. The molecule has 0 unspecified atom stereocenters. The molecule has 0 spiro atoms. The van der Waals surface area contributed by atoms with E-state index in [9.17, 15) is 14.3 Å². The Labute approximate surface area is 188 Å². The van der Waals surface area contributed by atoms with Crippen molar-refractivity contribution >= 4 is 34.0 Å². The molecule has 0 aliphatic carbocycles. The molecule has 0 radical (unpaired) electrons. The predicted molar refractivity (Wildman–Crippen MR) is 123 cm³/mol. The van der Waals surface area contributed by atoms with Gasteiger partial charge in [-0.1, -0.05) is 0 Å². The van der Waals surface area contributed by atoms with E-state index in [4.69, 9.17) is 4.74 Å². The third kappa shape index (κ3) is 4.29. The van der Waals surface area contributed by atoms with Crippen LogP contribution >= 0.6 is 11.3 Å². The average Bonchev–Trinajstić information content (AvgIpc) is 3.31. The molecular formula is C23H23FN4O3S. The number of carboxylic acids is 1. The van der Waals surface area contributed by atoms with Gasteiger partial charge in [0.15, 0.2) is 4.88 Å². The number of nitrogens with zero attached hydrogens (tertiary/aromatic N) is 3. The standard InChI is InChI=1S/C23H23FN4O3S/c1-4-31-19-11-20(32-22(19)23(29)30)17-10-21(27-12-26-17)25-5-6-28-14(3)8-16-13(2)7-15(24)9-18(16)28/h7-12H,4-6H2,1-3H3,(H,29,30)(H,25,26,27). The van der Waals surface area contributed by atoms with Gasteiger partial charge in [0, 0.05) is 36.3 Å². The van der Waals surface area contributed by atoms with Crippen molar-refractivity contribution in [2.45, 2.75) is 27.3 Å². The lowest BCUT2D eigenvalue weighted by molar-refractivity contribution is 0.0698. The number of halogens is 1. The summed E-state index contributed by atoms with van der Waals surface area (Å²) in [6, 6.07) is 8.64. The summed E-state index contributed by atoms with van der Waals surface area (Å²) in [6.45, 7) is 7.31. The lowest BCUT2D eigenvalue weighted by Crippen LogP contribution is -2.12. The zero-order chi connectivity index (χ0) is 22.8. The number of aromatic carboxylic acids is 1. The highest BCUT2D eigenvalue weighted by Crippen LogP contribution is 2.36. The molecule has 0 saturated heterocycles. The van der Waals surface area contributed by atoms with Gasteiger partial charge in [0.1, 0.15) is 23.7 Å². The molecule has 0 saturated carbocycles. The fourth-order valence-electron chi connectivity index (χ4n) is 3.72. The predicted octanol–water partition coefficient (Wildman–Crippen LogP) is 5.12. The summed E-state index contributed by atoms with van der Waals surface area (Å²) in [5, 5.41) is 13.7. The normalized spacial score (nSPS) is 11.1. The zero-order valence-electron chi connectivity index (χ0n) is 18.0. The van der Waals surface area contributed by atoms with Crippen molar-refractivity contribution in [3.8, 4) is 16.3 Å². The number of thiophene rings is 1. The minimum Gasteiger partial charge on any atom is -0.492 e. The number of nitrogens with one attached hydrogen (secondary N) is 1. The highest BCUT2D eigenvalue weighted by atomic mass is 32.1. The van der Waals surface area contributed by atoms with E-state index in [1.54, 1.807) is 31.2 Å². The quantitative estimate of drug-likeness (QED) is 0.384. The van der Waals surface area contributed by atoms with Crippen molar-refractivity contribution in [1.29, 1.82) is 0 Å². The number of aryl methyl sites for hydroxylation is 2. The molecule has 4 aromatic rings. The van der Waals surface area contributed by atoms with E-state index in [1.807, 2.05) is 13.8 Å². The van der Waals surface area contributed by atoms with Gasteiger partial charge < -0.3 is 19.7 Å². The lowest BCUT2D eigenvalue weighted by atomic mass is 10.1. The minimum absolute atomic E-state index is 0.146. The second-order valence-electron chi connectivity index (χ2n) is 7.35. The Morgan fingerprint density at radius 1 is 1.22 bits per heavy atom. The molecule has 0 fully saturated rings. The molecular weight excluding hydrogens is 431 g/mol. The van der Waals surface area contributed by atoms with Crippen molar-refractivity contribution in [3.63, 3.8) is 0 Å². The Balaban J connectivity index is 1.51. The van der Waals surface area contributed by atoms with E-state index in [2.05, 4.69) is 25.9 Å². The summed E-state index contributed by atoms with van der Waals surface area (Å²) in [5.74, 6) is -0.315. The Hall–Kier alpha value is -3.46. The van der Waals surface area contributed by atoms with Crippen molar-refractivity contribution < 1.29 is 19.0 Å². The molecule has 0 bridgehead atoms. The number of anilines is 1. The third-order valence-electron chi connectivity index (χ3n) is 5.15. The van der Waals surface area contributed by atoms with Gasteiger partial charge in [-0.25, -0.2) is 19.2 Å². The SMILES string of the molecule is CCOc1cc(-c2cc(NCCn3c(C)cc4c(C)cc(F)cc43)ncn2)sc1C(=O)O. The highest BCUT2D eigenvalue weighted by molar-refractivity contribution is 7.17. The van der Waals surface area contributed by atoms with Crippen LogP contribution in [0.25, 0.3) is 21.5 Å². The van der Waals surface area contributed by atoms with Crippen molar-refractivity contribution in [2.75, 3.05) is 18.5 Å². The van der Waals surface area contributed by atoms with E-state index in [-0.39, 0.29) is 10.7 Å². The number of fused-ring (bicyclic) bond motifs is 1. The molecule has 166 valence electrons. The average molecular weight is 455 g/mol. The first-order chi connectivity index (χ1) is 15.4. The van der Waals surface area contributed by atoms with Crippen LogP contribution in [0.5, 0.6) is 5.75 Å². The Morgan fingerprint density at radius 3 is 2.78 bits per heavy atom. The molecule has 9 heteroatoms. The fraction of sp³-hybridized carbons (Fsp3) is 0.261. The second kappa shape index (κ2) is 8.96. The van der Waals surface area contributed by atoms with Crippen LogP contribution < -0.4 is 10.1 Å². The molecule has 2 N–H and O–H groups in total. The van der Waals surface area contributed by atoms with Gasteiger partial charge in [-0.05, 0) is 44.5 Å². The number of aromatic nitrogens is 3. The van der Waals surface area contributed by atoms with Crippen LogP contribution in [0.4, 0.5) is 10.2 Å². The van der Waals surface area contributed by atoms with Crippen molar-refractivity contribution in [2.24, 2.45) is 0 Å². The number of hydrogen-bond donors (Lipinski definition) is 2. The fourth-order valence-corrected chi connectivity index (χ4v) is 4.63. The smallest absolute Gasteiger partial charge is 0.349 e. The number of carbonyl (C=O) groups is 1. The largest absolute Gasteiger partial charge is 0.492 e. The minimum atomic E-state index is -1.03. The molecule has 1 aromatic carbocycles. The monoisotopic (exact) mass is 454 g/mol. The first kappa shape index (κ1) is 21.8. The lowest BCUT2D eigenvalue weighted by Gasteiger charge is -2.11. The van der Waals surface area contributed by atoms with Crippen LogP contribution in [-0.4, -0.2) is 38.8 Å². The van der Waals surface area contributed by atoms with Crippen LogP contribution in [-0.2, 0) is 6.54 Å². The van der Waals surface area contributed by atoms with Crippen LogP contribution in [0.3, 0.4) is 0 Å². The number of hydrogen-bond acceptors (Lipinski definition) is 6. The van der Waals surface area contributed by atoms with Gasteiger partial charge in [-0.3, -0.25) is 0 Å². The summed E-state index contributed by atoms with van der Waals surface area (Å²) >= 11 is 1.12. The van der Waals surface area contributed by atoms with Gasteiger partial charge in [-0.15, -0.1) is 11.3 Å². The summed E-state index contributed by atoms with van der Waals surface area (Å²) in [6.07, 6.45) is 1.44. The van der Waals surface area contributed by atoms with Gasteiger partial charge >= 0.3 is 5.97 Å². The van der Waals surface area contributed by atoms with E-state index >= 15 is 0 Å². The number of ether oxygens (including phenoxy) is 1. The van der Waals surface area contributed by atoms with Crippen LogP contribution in [0.2, 0.25) is 0 Å². The van der Waals surface area contributed by atoms with E-state index in [1.165, 1.54) is 6.33 Å². The molecule has 0 amide bonds.